The van der Waals surface area contributed by atoms with Gasteiger partial charge in [-0.05, 0) is 42.2 Å². The lowest BCUT2D eigenvalue weighted by Gasteiger charge is -2.29. The second-order valence-electron chi connectivity index (χ2n) is 9.39. The van der Waals surface area contributed by atoms with Gasteiger partial charge in [0.25, 0.3) is 0 Å². The van der Waals surface area contributed by atoms with E-state index in [9.17, 15) is 9.90 Å². The van der Waals surface area contributed by atoms with Gasteiger partial charge in [0.1, 0.15) is 17.7 Å². The number of nitrogens with zero attached hydrogens (tertiary/aromatic N) is 6. The Morgan fingerprint density at radius 3 is 2.64 bits per heavy atom. The lowest BCUT2D eigenvalue weighted by Crippen LogP contribution is -2.37. The van der Waals surface area contributed by atoms with Gasteiger partial charge in [-0.2, -0.15) is 5.10 Å². The maximum absolute atomic E-state index is 11.4. The largest absolute Gasteiger partial charge is 0.465 e. The number of carboxylic acid groups (broad SMARTS) is 1. The van der Waals surface area contributed by atoms with E-state index < -0.39 is 6.09 Å². The third kappa shape index (κ3) is 3.73. The number of fused-ring (bicyclic) bond motifs is 2. The summed E-state index contributed by atoms with van der Waals surface area (Å²) in [7, 11) is 2.05. The van der Waals surface area contributed by atoms with Crippen LogP contribution in [-0.4, -0.2) is 53.3 Å². The minimum Gasteiger partial charge on any atom is -0.465 e. The third-order valence-corrected chi connectivity index (χ3v) is 7.28. The Hall–Kier alpha value is -4.40. The molecule has 0 saturated carbocycles. The zero-order valence-corrected chi connectivity index (χ0v) is 20.0. The molecule has 36 heavy (non-hydrogen) atoms. The normalized spacial score (nSPS) is 14.6. The number of imidazole rings is 1. The van der Waals surface area contributed by atoms with Crippen LogP contribution in [0, 0.1) is 0 Å². The molecule has 4 heterocycles. The Bertz CT molecular complexity index is 1580. The number of hydrogen-bond donors (Lipinski definition) is 2. The highest BCUT2D eigenvalue weighted by molar-refractivity contribution is 5.92. The first-order valence-corrected chi connectivity index (χ1v) is 12.1. The predicted octanol–water partition coefficient (Wildman–Crippen LogP) is 4.31. The summed E-state index contributed by atoms with van der Waals surface area (Å²) in [6.07, 6.45) is 2.85. The number of likely N-dealkylation sites (tertiary alicyclic amines) is 1. The predicted molar refractivity (Wildman–Crippen MR) is 138 cm³/mol. The number of benzene rings is 2. The summed E-state index contributed by atoms with van der Waals surface area (Å²) in [5.41, 5.74) is 13.4. The van der Waals surface area contributed by atoms with Crippen LogP contribution in [0.2, 0.25) is 0 Å². The molecule has 1 saturated heterocycles. The molecule has 1 aliphatic heterocycles. The van der Waals surface area contributed by atoms with Gasteiger partial charge in [-0.1, -0.05) is 36.4 Å². The molecule has 0 spiro atoms. The van der Waals surface area contributed by atoms with Gasteiger partial charge in [-0.3, -0.25) is 0 Å². The monoisotopic (exact) mass is 481 g/mol. The zero-order chi connectivity index (χ0) is 24.8. The summed E-state index contributed by atoms with van der Waals surface area (Å²) >= 11 is 0. The lowest BCUT2D eigenvalue weighted by atomic mass is 9.93. The fourth-order valence-corrected chi connectivity index (χ4v) is 5.31. The summed E-state index contributed by atoms with van der Waals surface area (Å²) in [5, 5.41) is 13.9. The van der Waals surface area contributed by atoms with Gasteiger partial charge >= 0.3 is 6.09 Å². The molecule has 0 atom stereocenters. The van der Waals surface area contributed by atoms with E-state index in [2.05, 4.69) is 45.0 Å². The van der Waals surface area contributed by atoms with E-state index in [0.717, 1.165) is 58.5 Å². The molecule has 3 N–H and O–H groups in total. The standard InChI is InChI=1S/C27H27N7O2/c1-32-23-14-19(7-8-21(23)31-24(32)13-17-5-3-2-4-6-17)20-15-22(34-25(20)26(28)29-16-30-34)18-9-11-33(12-10-18)27(35)36/h2-8,14-16,18H,9-13H2,1H3,(H,35,36)(H2,28,29,30). The van der Waals surface area contributed by atoms with E-state index in [-0.39, 0.29) is 5.92 Å². The second-order valence-corrected chi connectivity index (χ2v) is 9.39. The smallest absolute Gasteiger partial charge is 0.407 e. The van der Waals surface area contributed by atoms with Crippen molar-refractivity contribution in [2.45, 2.75) is 25.2 Å². The zero-order valence-electron chi connectivity index (χ0n) is 20.0. The lowest BCUT2D eigenvalue weighted by molar-refractivity contribution is 0.131. The maximum atomic E-state index is 11.4. The second kappa shape index (κ2) is 8.67. The molecule has 6 rings (SSSR count). The molecule has 1 fully saturated rings. The van der Waals surface area contributed by atoms with E-state index in [1.165, 1.54) is 16.8 Å². The Morgan fingerprint density at radius 1 is 1.11 bits per heavy atom. The number of nitrogens with two attached hydrogens (primary N) is 1. The van der Waals surface area contributed by atoms with Crippen molar-refractivity contribution in [1.29, 1.82) is 0 Å². The molecule has 182 valence electrons. The number of nitrogen functional groups attached to an aromatic ring is 1. The van der Waals surface area contributed by atoms with Crippen LogP contribution in [0.5, 0.6) is 0 Å². The molecule has 0 bridgehead atoms. The SMILES string of the molecule is Cn1c(Cc2ccccc2)nc2ccc(-c3cc(C4CCN(C(=O)O)CC4)n4ncnc(N)c34)cc21. The van der Waals surface area contributed by atoms with Crippen LogP contribution in [0.1, 0.15) is 35.8 Å². The Labute approximate surface area is 207 Å². The van der Waals surface area contributed by atoms with Crippen LogP contribution in [0.3, 0.4) is 0 Å². The van der Waals surface area contributed by atoms with Gasteiger partial charge in [-0.15, -0.1) is 0 Å². The maximum Gasteiger partial charge on any atom is 0.407 e. The van der Waals surface area contributed by atoms with Crippen molar-refractivity contribution in [3.63, 3.8) is 0 Å². The van der Waals surface area contributed by atoms with E-state index in [0.29, 0.717) is 18.9 Å². The van der Waals surface area contributed by atoms with Gasteiger partial charge < -0.3 is 20.3 Å². The molecule has 1 amide bonds. The molecule has 5 aromatic rings. The first kappa shape index (κ1) is 22.1. The highest BCUT2D eigenvalue weighted by atomic mass is 16.4. The summed E-state index contributed by atoms with van der Waals surface area (Å²) in [6.45, 7) is 1.02. The van der Waals surface area contributed by atoms with Crippen LogP contribution in [0.4, 0.5) is 10.6 Å². The van der Waals surface area contributed by atoms with Crippen LogP contribution in [0.25, 0.3) is 27.7 Å². The van der Waals surface area contributed by atoms with Crippen molar-refractivity contribution in [1.82, 2.24) is 29.0 Å². The molecule has 0 radical (unpaired) electrons. The highest BCUT2D eigenvalue weighted by Crippen LogP contribution is 2.37. The van der Waals surface area contributed by atoms with Gasteiger partial charge in [0.2, 0.25) is 0 Å². The number of aryl methyl sites for hydroxylation is 1. The average Bonchev–Trinajstić information content (AvgIpc) is 3.43. The molecule has 3 aromatic heterocycles. The van der Waals surface area contributed by atoms with E-state index in [4.69, 9.17) is 10.7 Å². The van der Waals surface area contributed by atoms with Crippen LogP contribution < -0.4 is 5.73 Å². The summed E-state index contributed by atoms with van der Waals surface area (Å²) in [5.74, 6) is 1.61. The Balaban J connectivity index is 1.41. The number of hydrogen-bond acceptors (Lipinski definition) is 5. The molecular weight excluding hydrogens is 454 g/mol. The molecule has 2 aromatic carbocycles. The number of amides is 1. The van der Waals surface area contributed by atoms with Crippen molar-refractivity contribution < 1.29 is 9.90 Å². The molecule has 9 heteroatoms. The van der Waals surface area contributed by atoms with Gasteiger partial charge in [0.05, 0.1) is 11.0 Å². The minimum absolute atomic E-state index is 0.189. The summed E-state index contributed by atoms with van der Waals surface area (Å²) < 4.78 is 4.03. The quantitative estimate of drug-likeness (QED) is 0.395. The first-order valence-electron chi connectivity index (χ1n) is 12.1. The first-order chi connectivity index (χ1) is 17.5. The number of carbonyl (C=O) groups is 1. The topological polar surface area (TPSA) is 115 Å². The van der Waals surface area contributed by atoms with Gasteiger partial charge in [0.15, 0.2) is 5.82 Å². The molecule has 0 unspecified atom stereocenters. The van der Waals surface area contributed by atoms with Crippen molar-refractivity contribution in [3.05, 3.63) is 78.0 Å². The molecular formula is C27H27N7O2. The highest BCUT2D eigenvalue weighted by Gasteiger charge is 2.27. The van der Waals surface area contributed by atoms with Crippen molar-refractivity contribution in [2.75, 3.05) is 18.8 Å². The number of rotatable bonds is 4. The van der Waals surface area contributed by atoms with Crippen molar-refractivity contribution in [2.24, 2.45) is 7.05 Å². The third-order valence-electron chi connectivity index (χ3n) is 7.28. The van der Waals surface area contributed by atoms with Gasteiger partial charge in [0, 0.05) is 43.7 Å². The molecule has 1 aliphatic rings. The molecule has 9 nitrogen and oxygen atoms in total. The van der Waals surface area contributed by atoms with Crippen LogP contribution in [0.15, 0.2) is 60.9 Å². The summed E-state index contributed by atoms with van der Waals surface area (Å²) in [6, 6.07) is 18.7. The van der Waals surface area contributed by atoms with E-state index in [1.54, 1.807) is 0 Å². The van der Waals surface area contributed by atoms with E-state index in [1.807, 2.05) is 35.8 Å². The average molecular weight is 482 g/mol. The van der Waals surface area contributed by atoms with Crippen LogP contribution in [-0.2, 0) is 13.5 Å². The Morgan fingerprint density at radius 2 is 1.89 bits per heavy atom. The van der Waals surface area contributed by atoms with Crippen molar-refractivity contribution >= 4 is 28.5 Å². The fraction of sp³-hybridized carbons (Fsp3) is 0.259. The fourth-order valence-electron chi connectivity index (χ4n) is 5.31. The number of piperidine rings is 1. The molecule has 0 aliphatic carbocycles. The van der Waals surface area contributed by atoms with E-state index >= 15 is 0 Å². The number of anilines is 1. The minimum atomic E-state index is -0.864. The summed E-state index contributed by atoms with van der Waals surface area (Å²) in [4.78, 5) is 22.0. The van der Waals surface area contributed by atoms with Gasteiger partial charge in [-0.25, -0.2) is 19.3 Å². The Kier molecular flexibility index (Phi) is 5.32. The number of aromatic nitrogens is 5. The van der Waals surface area contributed by atoms with Crippen LogP contribution >= 0.6 is 0 Å². The van der Waals surface area contributed by atoms with Crippen molar-refractivity contribution in [3.8, 4) is 11.1 Å².